The van der Waals surface area contributed by atoms with Crippen LogP contribution in [0.5, 0.6) is 0 Å². The Bertz CT molecular complexity index is 680. The van der Waals surface area contributed by atoms with E-state index in [2.05, 4.69) is 0 Å². The summed E-state index contributed by atoms with van der Waals surface area (Å²) in [4.78, 5) is 37.4. The van der Waals surface area contributed by atoms with Gasteiger partial charge in [0, 0.05) is 17.7 Å². The van der Waals surface area contributed by atoms with Gasteiger partial charge < -0.3 is 9.64 Å². The number of hydrogen-bond acceptors (Lipinski definition) is 5. The first-order chi connectivity index (χ1) is 10.9. The van der Waals surface area contributed by atoms with E-state index >= 15 is 0 Å². The fraction of sp³-hybridized carbons (Fsp3) is 0.438. The third-order valence-corrected chi connectivity index (χ3v) is 5.71. The van der Waals surface area contributed by atoms with Gasteiger partial charge in [0.05, 0.1) is 4.87 Å². The molecule has 2 saturated heterocycles. The molecule has 1 aromatic rings. The average Bonchev–Trinajstić information content (AvgIpc) is 3.01. The van der Waals surface area contributed by atoms with Crippen molar-refractivity contribution in [2.75, 3.05) is 12.4 Å². The number of Topliss-reactive ketones (excluding diaryl/α,β-unsaturated/α-hetero) is 1. The van der Waals surface area contributed by atoms with Gasteiger partial charge in [-0.3, -0.25) is 9.59 Å². The Hall–Kier alpha value is -1.89. The van der Waals surface area contributed by atoms with Gasteiger partial charge in [0.25, 0.3) is 0 Å². The third-order valence-electron chi connectivity index (χ3n) is 4.21. The molecule has 122 valence electrons. The number of carbonyl (C=O) groups excluding carboxylic acids is 3. The van der Waals surface area contributed by atoms with Crippen molar-refractivity contribution < 1.29 is 23.5 Å². The number of benzene rings is 1. The van der Waals surface area contributed by atoms with Crippen LogP contribution < -0.4 is 0 Å². The summed E-state index contributed by atoms with van der Waals surface area (Å²) in [6.07, 6.45) is 1.14. The van der Waals surface area contributed by atoms with Crippen LogP contribution in [0.25, 0.3) is 0 Å². The predicted molar refractivity (Wildman–Crippen MR) is 82.4 cm³/mol. The van der Waals surface area contributed by atoms with Crippen molar-refractivity contribution in [3.8, 4) is 0 Å². The SMILES string of the molecule is C[C@@]12CCC(=O)N1[C@H](C(=O)OCC(=O)c1cccc(F)c1)CS2. The van der Waals surface area contributed by atoms with Gasteiger partial charge in [-0.1, -0.05) is 12.1 Å². The molecular weight excluding hydrogens is 321 g/mol. The summed E-state index contributed by atoms with van der Waals surface area (Å²) in [6.45, 7) is 1.48. The third kappa shape index (κ3) is 2.97. The van der Waals surface area contributed by atoms with E-state index in [1.807, 2.05) is 6.92 Å². The second-order valence-electron chi connectivity index (χ2n) is 5.81. The molecule has 0 spiro atoms. The number of esters is 1. The number of ether oxygens (including phenoxy) is 1. The van der Waals surface area contributed by atoms with E-state index in [1.165, 1.54) is 18.2 Å². The molecule has 3 rings (SSSR count). The summed E-state index contributed by atoms with van der Waals surface area (Å²) >= 11 is 1.56. The van der Waals surface area contributed by atoms with E-state index in [0.717, 1.165) is 6.07 Å². The first-order valence-corrected chi connectivity index (χ1v) is 8.31. The second kappa shape index (κ2) is 5.96. The molecule has 2 fully saturated rings. The summed E-state index contributed by atoms with van der Waals surface area (Å²) in [5.74, 6) is -1.17. The van der Waals surface area contributed by atoms with Gasteiger partial charge in [0.2, 0.25) is 5.91 Å². The number of rotatable bonds is 4. The zero-order chi connectivity index (χ0) is 16.6. The van der Waals surface area contributed by atoms with E-state index < -0.39 is 30.2 Å². The highest BCUT2D eigenvalue weighted by Crippen LogP contribution is 2.47. The Morgan fingerprint density at radius 2 is 2.26 bits per heavy atom. The molecule has 0 aromatic heterocycles. The first kappa shape index (κ1) is 16.0. The molecule has 2 aliphatic rings. The summed E-state index contributed by atoms with van der Waals surface area (Å²) in [6, 6.07) is 4.57. The van der Waals surface area contributed by atoms with Crippen molar-refractivity contribution in [2.24, 2.45) is 0 Å². The highest BCUT2D eigenvalue weighted by molar-refractivity contribution is 8.01. The monoisotopic (exact) mass is 337 g/mol. The van der Waals surface area contributed by atoms with Crippen molar-refractivity contribution >= 4 is 29.4 Å². The lowest BCUT2D eigenvalue weighted by atomic mass is 10.1. The largest absolute Gasteiger partial charge is 0.456 e. The molecule has 2 heterocycles. The molecule has 5 nitrogen and oxygen atoms in total. The summed E-state index contributed by atoms with van der Waals surface area (Å²) in [5, 5.41) is 0. The van der Waals surface area contributed by atoms with Crippen LogP contribution in [0.15, 0.2) is 24.3 Å². The molecule has 7 heteroatoms. The zero-order valence-corrected chi connectivity index (χ0v) is 13.4. The number of ketones is 1. The molecule has 0 unspecified atom stereocenters. The number of hydrogen-bond donors (Lipinski definition) is 0. The van der Waals surface area contributed by atoms with E-state index in [0.29, 0.717) is 18.6 Å². The van der Waals surface area contributed by atoms with Crippen molar-refractivity contribution in [1.82, 2.24) is 4.90 Å². The van der Waals surface area contributed by atoms with E-state index in [1.54, 1.807) is 16.7 Å². The Balaban J connectivity index is 1.62. The average molecular weight is 337 g/mol. The maximum absolute atomic E-state index is 13.1. The summed E-state index contributed by atoms with van der Waals surface area (Å²) < 4.78 is 18.2. The van der Waals surface area contributed by atoms with Crippen LogP contribution in [0.3, 0.4) is 0 Å². The second-order valence-corrected chi connectivity index (χ2v) is 7.31. The highest BCUT2D eigenvalue weighted by Gasteiger charge is 2.53. The molecule has 1 amide bonds. The minimum absolute atomic E-state index is 0.0593. The molecule has 2 atom stereocenters. The maximum atomic E-state index is 13.1. The lowest BCUT2D eigenvalue weighted by molar-refractivity contribution is -0.152. The van der Waals surface area contributed by atoms with Gasteiger partial charge in [-0.15, -0.1) is 11.8 Å². The van der Waals surface area contributed by atoms with Crippen LogP contribution in [0, 0.1) is 5.82 Å². The quantitative estimate of drug-likeness (QED) is 0.621. The number of thioether (sulfide) groups is 1. The normalized spacial score (nSPS) is 26.3. The fourth-order valence-corrected chi connectivity index (χ4v) is 4.39. The van der Waals surface area contributed by atoms with Gasteiger partial charge in [0.1, 0.15) is 11.9 Å². The number of fused-ring (bicyclic) bond motifs is 1. The molecule has 0 saturated carbocycles. The van der Waals surface area contributed by atoms with E-state index in [9.17, 15) is 18.8 Å². The molecule has 1 aromatic carbocycles. The van der Waals surface area contributed by atoms with Crippen LogP contribution in [0.1, 0.15) is 30.1 Å². The fourth-order valence-electron chi connectivity index (χ4n) is 2.97. The minimum atomic E-state index is -0.652. The van der Waals surface area contributed by atoms with Crippen LogP contribution in [-0.4, -0.2) is 45.8 Å². The minimum Gasteiger partial charge on any atom is -0.456 e. The van der Waals surface area contributed by atoms with Gasteiger partial charge >= 0.3 is 5.97 Å². The smallest absolute Gasteiger partial charge is 0.330 e. The Morgan fingerprint density at radius 3 is 3.00 bits per heavy atom. The van der Waals surface area contributed by atoms with Gasteiger partial charge in [-0.2, -0.15) is 0 Å². The Morgan fingerprint density at radius 1 is 1.48 bits per heavy atom. The predicted octanol–water partition coefficient (Wildman–Crippen LogP) is 2.01. The van der Waals surface area contributed by atoms with Crippen molar-refractivity contribution in [2.45, 2.75) is 30.7 Å². The summed E-state index contributed by atoms with van der Waals surface area (Å²) in [7, 11) is 0. The van der Waals surface area contributed by atoms with Crippen molar-refractivity contribution in [3.63, 3.8) is 0 Å². The van der Waals surface area contributed by atoms with Crippen molar-refractivity contribution in [1.29, 1.82) is 0 Å². The standard InChI is InChI=1S/C16H16FNO4S/c1-16-6-5-14(20)18(16)12(9-23-16)15(21)22-8-13(19)10-3-2-4-11(17)7-10/h2-4,7,12H,5-6,8-9H2,1H3/t12-,16+/m0/s1. The van der Waals surface area contributed by atoms with Crippen LogP contribution in [0.2, 0.25) is 0 Å². The van der Waals surface area contributed by atoms with Crippen LogP contribution in [-0.2, 0) is 14.3 Å². The van der Waals surface area contributed by atoms with E-state index in [4.69, 9.17) is 4.74 Å². The molecule has 0 aliphatic carbocycles. The highest BCUT2D eigenvalue weighted by atomic mass is 32.2. The molecular formula is C16H16FNO4S. The molecule has 0 radical (unpaired) electrons. The van der Waals surface area contributed by atoms with Crippen molar-refractivity contribution in [3.05, 3.63) is 35.6 Å². The number of nitrogens with zero attached hydrogens (tertiary/aromatic N) is 1. The Labute approximate surface area is 137 Å². The van der Waals surface area contributed by atoms with Gasteiger partial charge in [0.15, 0.2) is 12.4 Å². The van der Waals surface area contributed by atoms with Crippen LogP contribution in [0.4, 0.5) is 4.39 Å². The molecule has 2 aliphatic heterocycles. The molecule has 0 bridgehead atoms. The number of amides is 1. The lowest BCUT2D eigenvalue weighted by Crippen LogP contribution is -2.46. The maximum Gasteiger partial charge on any atom is 0.330 e. The lowest BCUT2D eigenvalue weighted by Gasteiger charge is -2.29. The number of halogens is 1. The van der Waals surface area contributed by atoms with Gasteiger partial charge in [-0.05, 0) is 25.5 Å². The topological polar surface area (TPSA) is 63.7 Å². The summed E-state index contributed by atoms with van der Waals surface area (Å²) in [5.41, 5.74) is 0.153. The van der Waals surface area contributed by atoms with E-state index in [-0.39, 0.29) is 16.3 Å². The Kier molecular flexibility index (Phi) is 4.14. The zero-order valence-electron chi connectivity index (χ0n) is 12.6. The van der Waals surface area contributed by atoms with Crippen LogP contribution >= 0.6 is 11.8 Å². The first-order valence-electron chi connectivity index (χ1n) is 7.32. The molecule has 23 heavy (non-hydrogen) atoms. The molecule has 0 N–H and O–H groups in total. The number of carbonyl (C=O) groups is 3. The van der Waals surface area contributed by atoms with Gasteiger partial charge in [-0.25, -0.2) is 9.18 Å².